The molecule has 0 atom stereocenters. The number of aryl methyl sites for hydroxylation is 1. The SMILES string of the molecule is CN1CCN(Cc2cccc(CNC(=O)CCn3c(=O)[nH]c(=O)c4ccccc43)c2)CC1. The third-order valence-corrected chi connectivity index (χ3v) is 5.95. The van der Waals surface area contributed by atoms with Crippen molar-refractivity contribution >= 4 is 16.8 Å². The third-order valence-electron chi connectivity index (χ3n) is 5.95. The predicted octanol–water partition coefficient (Wildman–Crippen LogP) is 1.14. The number of carbonyl (C=O) groups is 1. The van der Waals surface area contributed by atoms with E-state index in [-0.39, 0.29) is 18.9 Å². The smallest absolute Gasteiger partial charge is 0.328 e. The van der Waals surface area contributed by atoms with Crippen LogP contribution in [0.15, 0.2) is 58.1 Å². The molecule has 1 amide bonds. The minimum Gasteiger partial charge on any atom is -0.352 e. The number of nitrogens with one attached hydrogen (secondary N) is 2. The van der Waals surface area contributed by atoms with E-state index in [1.54, 1.807) is 24.3 Å². The Bertz CT molecular complexity index is 1210. The third kappa shape index (κ3) is 5.33. The fraction of sp³-hybridized carbons (Fsp3) is 0.375. The molecule has 1 aliphatic rings. The number of fused-ring (bicyclic) bond motifs is 1. The van der Waals surface area contributed by atoms with Gasteiger partial charge in [-0.3, -0.25) is 24.0 Å². The maximum atomic E-state index is 12.4. The van der Waals surface area contributed by atoms with Crippen LogP contribution in [0.25, 0.3) is 10.9 Å². The number of aromatic nitrogens is 2. The molecule has 2 heterocycles. The Morgan fingerprint density at radius 1 is 1.00 bits per heavy atom. The van der Waals surface area contributed by atoms with Crippen molar-refractivity contribution in [3.8, 4) is 0 Å². The lowest BCUT2D eigenvalue weighted by Crippen LogP contribution is -2.43. The number of hydrogen-bond acceptors (Lipinski definition) is 5. The molecule has 1 saturated heterocycles. The number of rotatable bonds is 7. The highest BCUT2D eigenvalue weighted by Gasteiger charge is 2.14. The maximum Gasteiger partial charge on any atom is 0.328 e. The van der Waals surface area contributed by atoms with Crippen LogP contribution in [0, 0.1) is 0 Å². The number of H-pyrrole nitrogens is 1. The highest BCUT2D eigenvalue weighted by Crippen LogP contribution is 2.11. The molecule has 0 bridgehead atoms. The molecule has 32 heavy (non-hydrogen) atoms. The summed E-state index contributed by atoms with van der Waals surface area (Å²) in [5.41, 5.74) is 1.91. The van der Waals surface area contributed by atoms with Crippen LogP contribution in [-0.2, 0) is 24.4 Å². The van der Waals surface area contributed by atoms with Gasteiger partial charge in [0, 0.05) is 52.2 Å². The summed E-state index contributed by atoms with van der Waals surface area (Å²) in [4.78, 5) is 43.7. The van der Waals surface area contributed by atoms with Gasteiger partial charge in [0.15, 0.2) is 0 Å². The average Bonchev–Trinajstić information content (AvgIpc) is 2.79. The summed E-state index contributed by atoms with van der Waals surface area (Å²) in [6, 6.07) is 15.2. The second-order valence-electron chi connectivity index (χ2n) is 8.35. The van der Waals surface area contributed by atoms with Crippen LogP contribution in [0.1, 0.15) is 17.5 Å². The van der Waals surface area contributed by atoms with E-state index in [1.165, 1.54) is 10.1 Å². The zero-order valence-electron chi connectivity index (χ0n) is 18.3. The lowest BCUT2D eigenvalue weighted by Gasteiger charge is -2.32. The molecule has 8 nitrogen and oxygen atoms in total. The van der Waals surface area contributed by atoms with Crippen molar-refractivity contribution in [2.45, 2.75) is 26.1 Å². The fourth-order valence-corrected chi connectivity index (χ4v) is 4.07. The number of nitrogens with zero attached hydrogens (tertiary/aromatic N) is 3. The minimum atomic E-state index is -0.502. The van der Waals surface area contributed by atoms with Crippen LogP contribution >= 0.6 is 0 Å². The van der Waals surface area contributed by atoms with Crippen molar-refractivity contribution in [3.63, 3.8) is 0 Å². The number of aromatic amines is 1. The average molecular weight is 436 g/mol. The summed E-state index contributed by atoms with van der Waals surface area (Å²) >= 11 is 0. The van der Waals surface area contributed by atoms with E-state index in [9.17, 15) is 14.4 Å². The zero-order valence-corrected chi connectivity index (χ0v) is 18.3. The monoisotopic (exact) mass is 435 g/mol. The number of benzene rings is 2. The number of hydrogen-bond donors (Lipinski definition) is 2. The van der Waals surface area contributed by atoms with E-state index in [0.29, 0.717) is 17.4 Å². The first-order chi connectivity index (χ1) is 15.5. The zero-order chi connectivity index (χ0) is 22.5. The van der Waals surface area contributed by atoms with E-state index in [1.807, 2.05) is 12.1 Å². The Morgan fingerprint density at radius 3 is 2.56 bits per heavy atom. The molecule has 168 valence electrons. The van der Waals surface area contributed by atoms with Crippen molar-refractivity contribution in [3.05, 3.63) is 80.5 Å². The summed E-state index contributed by atoms with van der Waals surface area (Å²) in [6.45, 7) is 5.86. The first kappa shape index (κ1) is 22.0. The second kappa shape index (κ2) is 9.93. The van der Waals surface area contributed by atoms with Gasteiger partial charge in [0.2, 0.25) is 5.91 Å². The molecular weight excluding hydrogens is 406 g/mol. The van der Waals surface area contributed by atoms with Crippen LogP contribution in [0.5, 0.6) is 0 Å². The molecule has 0 radical (unpaired) electrons. The number of piperazine rings is 1. The van der Waals surface area contributed by atoms with Crippen LogP contribution in [0.2, 0.25) is 0 Å². The lowest BCUT2D eigenvalue weighted by molar-refractivity contribution is -0.121. The summed E-state index contributed by atoms with van der Waals surface area (Å²) in [5.74, 6) is -0.142. The molecule has 8 heteroatoms. The van der Waals surface area contributed by atoms with Crippen molar-refractivity contribution < 1.29 is 4.79 Å². The minimum absolute atomic E-state index is 0.142. The van der Waals surface area contributed by atoms with Gasteiger partial charge in [0.1, 0.15) is 0 Å². The Morgan fingerprint density at radius 2 is 1.75 bits per heavy atom. The van der Waals surface area contributed by atoms with Crippen molar-refractivity contribution in [2.75, 3.05) is 33.2 Å². The Labute approximate surface area is 186 Å². The maximum absolute atomic E-state index is 12.4. The number of amides is 1. The van der Waals surface area contributed by atoms with Gasteiger partial charge in [0.05, 0.1) is 10.9 Å². The summed E-state index contributed by atoms with van der Waals surface area (Å²) in [7, 11) is 2.15. The van der Waals surface area contributed by atoms with Gasteiger partial charge in [-0.25, -0.2) is 4.79 Å². The van der Waals surface area contributed by atoms with Crippen molar-refractivity contribution in [2.24, 2.45) is 0 Å². The highest BCUT2D eigenvalue weighted by molar-refractivity contribution is 5.78. The van der Waals surface area contributed by atoms with Gasteiger partial charge < -0.3 is 10.2 Å². The fourth-order valence-electron chi connectivity index (χ4n) is 4.07. The Hall–Kier alpha value is -3.23. The van der Waals surface area contributed by atoms with E-state index in [0.717, 1.165) is 38.3 Å². The van der Waals surface area contributed by atoms with Crippen molar-refractivity contribution in [1.82, 2.24) is 24.7 Å². The normalized spacial score (nSPS) is 15.2. The predicted molar refractivity (Wildman–Crippen MR) is 125 cm³/mol. The van der Waals surface area contributed by atoms with Gasteiger partial charge in [0.25, 0.3) is 5.56 Å². The van der Waals surface area contributed by atoms with Gasteiger partial charge in [-0.2, -0.15) is 0 Å². The molecule has 3 aromatic rings. The quantitative estimate of drug-likeness (QED) is 0.581. The molecular formula is C24H29N5O3. The first-order valence-electron chi connectivity index (χ1n) is 11.0. The molecule has 0 spiro atoms. The van der Waals surface area contributed by atoms with E-state index in [4.69, 9.17) is 0 Å². The summed E-state index contributed by atoms with van der Waals surface area (Å²) in [6.07, 6.45) is 0.150. The van der Waals surface area contributed by atoms with Crippen LogP contribution in [0.3, 0.4) is 0 Å². The van der Waals surface area contributed by atoms with Gasteiger partial charge in [-0.05, 0) is 30.3 Å². The molecule has 0 saturated carbocycles. The highest BCUT2D eigenvalue weighted by atomic mass is 16.2. The number of carbonyl (C=O) groups excluding carboxylic acids is 1. The van der Waals surface area contributed by atoms with Crippen LogP contribution in [0.4, 0.5) is 0 Å². The van der Waals surface area contributed by atoms with Crippen LogP contribution < -0.4 is 16.6 Å². The molecule has 2 N–H and O–H groups in total. The summed E-state index contributed by atoms with van der Waals surface area (Å²) < 4.78 is 1.44. The summed E-state index contributed by atoms with van der Waals surface area (Å²) in [5, 5.41) is 3.37. The largest absolute Gasteiger partial charge is 0.352 e. The first-order valence-corrected chi connectivity index (χ1v) is 11.0. The van der Waals surface area contributed by atoms with E-state index < -0.39 is 11.2 Å². The molecule has 4 rings (SSSR count). The Balaban J connectivity index is 1.33. The van der Waals surface area contributed by atoms with Gasteiger partial charge in [-0.1, -0.05) is 36.4 Å². The topological polar surface area (TPSA) is 90.4 Å². The van der Waals surface area contributed by atoms with Gasteiger partial charge in [-0.15, -0.1) is 0 Å². The molecule has 1 fully saturated rings. The lowest BCUT2D eigenvalue weighted by atomic mass is 10.1. The van der Waals surface area contributed by atoms with E-state index in [2.05, 4.69) is 39.3 Å². The Kier molecular flexibility index (Phi) is 6.82. The van der Waals surface area contributed by atoms with Crippen molar-refractivity contribution in [1.29, 1.82) is 0 Å². The standard InChI is InChI=1S/C24H29N5O3/c1-27-11-13-28(14-12-27)17-19-6-4-5-18(15-19)16-25-22(30)9-10-29-21-8-3-2-7-20(21)23(31)26-24(29)32/h2-8,15H,9-14,16-17H2,1H3,(H,25,30)(H,26,31,32). The molecule has 1 aliphatic heterocycles. The molecule has 1 aromatic heterocycles. The van der Waals surface area contributed by atoms with Crippen LogP contribution in [-0.4, -0.2) is 58.5 Å². The molecule has 0 unspecified atom stereocenters. The molecule has 0 aliphatic carbocycles. The number of likely N-dealkylation sites (N-methyl/N-ethyl adjacent to an activating group) is 1. The number of para-hydroxylation sites is 1. The van der Waals surface area contributed by atoms with E-state index >= 15 is 0 Å². The molecule has 2 aromatic carbocycles. The second-order valence-corrected chi connectivity index (χ2v) is 8.35. The van der Waals surface area contributed by atoms with Gasteiger partial charge >= 0.3 is 5.69 Å².